The molecule has 3 rings (SSSR count). The van der Waals surface area contributed by atoms with Crippen molar-refractivity contribution in [1.29, 1.82) is 0 Å². The molecule has 1 atom stereocenters. The maximum absolute atomic E-state index is 3.62. The van der Waals surface area contributed by atoms with Gasteiger partial charge in [-0.25, -0.2) is 0 Å². The fourth-order valence-corrected chi connectivity index (χ4v) is 4.04. The molecule has 1 heteroatoms. The molecule has 1 N–H and O–H groups in total. The van der Waals surface area contributed by atoms with Crippen LogP contribution in [0.4, 0.5) is 5.69 Å². The molecule has 1 aromatic carbocycles. The number of rotatable bonds is 3. The quantitative estimate of drug-likeness (QED) is 0.734. The van der Waals surface area contributed by atoms with E-state index in [0.717, 1.165) is 18.4 Å². The van der Waals surface area contributed by atoms with Crippen LogP contribution >= 0.6 is 0 Å². The minimum Gasteiger partial charge on any atom is -0.384 e. The Bertz CT molecular complexity index is 477. The maximum Gasteiger partial charge on any atom is 0.0376 e. The van der Waals surface area contributed by atoms with Crippen molar-refractivity contribution in [3.8, 4) is 0 Å². The molecule has 1 aliphatic heterocycles. The van der Waals surface area contributed by atoms with Gasteiger partial charge in [-0.3, -0.25) is 0 Å². The molecule has 0 amide bonds. The Balaban J connectivity index is 1.67. The van der Waals surface area contributed by atoms with Crippen LogP contribution in [0.15, 0.2) is 18.2 Å². The third-order valence-electron chi connectivity index (χ3n) is 5.54. The molecule has 1 unspecified atom stereocenters. The third kappa shape index (κ3) is 3.44. The van der Waals surface area contributed by atoms with Crippen LogP contribution in [-0.4, -0.2) is 6.54 Å². The van der Waals surface area contributed by atoms with Crippen LogP contribution in [0.1, 0.15) is 82.8 Å². The summed E-state index contributed by atoms with van der Waals surface area (Å²) in [6.07, 6.45) is 10.2. The highest BCUT2D eigenvalue weighted by atomic mass is 14.9. The second-order valence-corrected chi connectivity index (χ2v) is 8.21. The van der Waals surface area contributed by atoms with Gasteiger partial charge in [0.05, 0.1) is 0 Å². The van der Waals surface area contributed by atoms with Crippen LogP contribution < -0.4 is 5.32 Å². The van der Waals surface area contributed by atoms with E-state index in [2.05, 4.69) is 44.3 Å². The largest absolute Gasteiger partial charge is 0.384 e. The Morgan fingerprint density at radius 2 is 1.81 bits per heavy atom. The van der Waals surface area contributed by atoms with E-state index in [1.807, 2.05) is 0 Å². The highest BCUT2D eigenvalue weighted by Gasteiger charge is 2.25. The zero-order valence-electron chi connectivity index (χ0n) is 14.0. The molecule has 1 fully saturated rings. The molecule has 21 heavy (non-hydrogen) atoms. The van der Waals surface area contributed by atoms with Gasteiger partial charge in [0, 0.05) is 18.2 Å². The standard InChI is InChI=1S/C20H31N/c1-20(2,3)17-11-12-19-18(13-17)16(14-21-19)10-9-15-7-5-4-6-8-15/h11-13,15-16,21H,4-10,14H2,1-3H3. The predicted octanol–water partition coefficient (Wildman–Crippen LogP) is 5.85. The molecule has 2 aliphatic rings. The van der Waals surface area contributed by atoms with Gasteiger partial charge in [0.15, 0.2) is 0 Å². The Kier molecular flexibility index (Phi) is 4.28. The second-order valence-electron chi connectivity index (χ2n) is 8.21. The fourth-order valence-electron chi connectivity index (χ4n) is 4.04. The van der Waals surface area contributed by atoms with Crippen LogP contribution in [0.2, 0.25) is 0 Å². The van der Waals surface area contributed by atoms with Crippen LogP contribution in [0, 0.1) is 5.92 Å². The van der Waals surface area contributed by atoms with Gasteiger partial charge in [-0.1, -0.05) is 65.0 Å². The molecule has 0 bridgehead atoms. The first-order chi connectivity index (χ1) is 10.0. The minimum atomic E-state index is 0.255. The molecular formula is C20H31N. The summed E-state index contributed by atoms with van der Waals surface area (Å²) in [5.41, 5.74) is 4.70. The normalized spacial score (nSPS) is 22.9. The number of benzene rings is 1. The molecule has 1 aliphatic carbocycles. The molecule has 1 saturated carbocycles. The lowest BCUT2D eigenvalue weighted by molar-refractivity contribution is 0.325. The summed E-state index contributed by atoms with van der Waals surface area (Å²) in [4.78, 5) is 0. The van der Waals surface area contributed by atoms with Gasteiger partial charge in [0.2, 0.25) is 0 Å². The van der Waals surface area contributed by atoms with Crippen molar-refractivity contribution in [1.82, 2.24) is 0 Å². The molecule has 0 saturated heterocycles. The molecule has 116 valence electrons. The highest BCUT2D eigenvalue weighted by Crippen LogP contribution is 2.39. The lowest BCUT2D eigenvalue weighted by Gasteiger charge is -2.24. The van der Waals surface area contributed by atoms with Crippen molar-refractivity contribution in [2.75, 3.05) is 11.9 Å². The van der Waals surface area contributed by atoms with Gasteiger partial charge in [-0.2, -0.15) is 0 Å². The average molecular weight is 285 g/mol. The summed E-state index contributed by atoms with van der Waals surface area (Å²) in [6.45, 7) is 8.09. The smallest absolute Gasteiger partial charge is 0.0376 e. The number of nitrogens with one attached hydrogen (secondary N) is 1. The predicted molar refractivity (Wildman–Crippen MR) is 92.2 cm³/mol. The maximum atomic E-state index is 3.62. The van der Waals surface area contributed by atoms with Gasteiger partial charge in [0.1, 0.15) is 0 Å². The summed E-state index contributed by atoms with van der Waals surface area (Å²) in [7, 11) is 0. The number of anilines is 1. The topological polar surface area (TPSA) is 12.0 Å². The van der Waals surface area contributed by atoms with Gasteiger partial charge < -0.3 is 5.32 Å². The van der Waals surface area contributed by atoms with Gasteiger partial charge in [0.25, 0.3) is 0 Å². The van der Waals surface area contributed by atoms with Crippen molar-refractivity contribution in [2.24, 2.45) is 5.92 Å². The van der Waals surface area contributed by atoms with Crippen molar-refractivity contribution < 1.29 is 0 Å². The van der Waals surface area contributed by atoms with E-state index < -0.39 is 0 Å². The molecule has 0 aromatic heterocycles. The van der Waals surface area contributed by atoms with Crippen LogP contribution in [0.3, 0.4) is 0 Å². The first-order valence-electron chi connectivity index (χ1n) is 8.92. The molecule has 1 nitrogen and oxygen atoms in total. The van der Waals surface area contributed by atoms with Crippen LogP contribution in [0.5, 0.6) is 0 Å². The van der Waals surface area contributed by atoms with Crippen molar-refractivity contribution in [2.45, 2.75) is 77.0 Å². The van der Waals surface area contributed by atoms with E-state index >= 15 is 0 Å². The number of hydrogen-bond acceptors (Lipinski definition) is 1. The lowest BCUT2D eigenvalue weighted by Crippen LogP contribution is -2.12. The van der Waals surface area contributed by atoms with Crippen molar-refractivity contribution in [3.63, 3.8) is 0 Å². The van der Waals surface area contributed by atoms with E-state index in [-0.39, 0.29) is 5.41 Å². The molecule has 0 spiro atoms. The van der Waals surface area contributed by atoms with E-state index in [1.54, 1.807) is 5.56 Å². The van der Waals surface area contributed by atoms with Gasteiger partial charge in [-0.15, -0.1) is 0 Å². The summed E-state index contributed by atoms with van der Waals surface area (Å²) in [5.74, 6) is 1.75. The van der Waals surface area contributed by atoms with E-state index in [0.29, 0.717) is 0 Å². The molecule has 0 radical (unpaired) electrons. The van der Waals surface area contributed by atoms with Crippen molar-refractivity contribution >= 4 is 5.69 Å². The minimum absolute atomic E-state index is 0.255. The monoisotopic (exact) mass is 285 g/mol. The van der Waals surface area contributed by atoms with Gasteiger partial charge >= 0.3 is 0 Å². The van der Waals surface area contributed by atoms with E-state index in [9.17, 15) is 0 Å². The Morgan fingerprint density at radius 1 is 1.05 bits per heavy atom. The highest BCUT2D eigenvalue weighted by molar-refractivity contribution is 5.59. The average Bonchev–Trinajstić information content (AvgIpc) is 2.87. The zero-order valence-corrected chi connectivity index (χ0v) is 14.0. The summed E-state index contributed by atoms with van der Waals surface area (Å²) in [5, 5.41) is 3.62. The number of hydrogen-bond donors (Lipinski definition) is 1. The Morgan fingerprint density at radius 3 is 2.52 bits per heavy atom. The molecule has 1 aromatic rings. The van der Waals surface area contributed by atoms with Gasteiger partial charge in [-0.05, 0) is 41.4 Å². The second kappa shape index (κ2) is 6.02. The third-order valence-corrected chi connectivity index (χ3v) is 5.54. The van der Waals surface area contributed by atoms with E-state index in [4.69, 9.17) is 0 Å². The van der Waals surface area contributed by atoms with Crippen LogP contribution in [0.25, 0.3) is 0 Å². The fraction of sp³-hybridized carbons (Fsp3) is 0.700. The Hall–Kier alpha value is -0.980. The Labute approximate surface area is 130 Å². The molecule has 1 heterocycles. The van der Waals surface area contributed by atoms with E-state index in [1.165, 1.54) is 56.2 Å². The molecular weight excluding hydrogens is 254 g/mol. The number of fused-ring (bicyclic) bond motifs is 1. The SMILES string of the molecule is CC(C)(C)c1ccc2c(c1)C(CCC1CCCCC1)CN2. The summed E-state index contributed by atoms with van der Waals surface area (Å²) >= 11 is 0. The zero-order chi connectivity index (χ0) is 14.9. The summed E-state index contributed by atoms with van der Waals surface area (Å²) < 4.78 is 0. The lowest BCUT2D eigenvalue weighted by atomic mass is 9.81. The first kappa shape index (κ1) is 14.9. The van der Waals surface area contributed by atoms with Crippen LogP contribution in [-0.2, 0) is 5.41 Å². The van der Waals surface area contributed by atoms with Crippen molar-refractivity contribution in [3.05, 3.63) is 29.3 Å². The first-order valence-corrected chi connectivity index (χ1v) is 8.92. The summed E-state index contributed by atoms with van der Waals surface area (Å²) in [6, 6.07) is 7.08.